The molecule has 2 N–H and O–H groups in total. The normalized spacial score (nSPS) is 10.8. The molecule has 0 saturated heterocycles. The Bertz CT molecular complexity index is 1310. The highest BCUT2D eigenvalue weighted by Crippen LogP contribution is 2.38. The van der Waals surface area contributed by atoms with Crippen molar-refractivity contribution in [2.45, 2.75) is 26.7 Å². The summed E-state index contributed by atoms with van der Waals surface area (Å²) in [6.45, 7) is 5.87. The zero-order valence-electron chi connectivity index (χ0n) is 19.8. The van der Waals surface area contributed by atoms with Crippen molar-refractivity contribution in [3.8, 4) is 17.2 Å². The van der Waals surface area contributed by atoms with Gasteiger partial charge in [0.2, 0.25) is 11.8 Å². The Morgan fingerprint density at radius 3 is 2.63 bits per heavy atom. The molecule has 0 fully saturated rings. The molecular formula is C24H25N7O4. The number of hydrogen-bond donors (Lipinski definition) is 2. The van der Waals surface area contributed by atoms with Crippen LogP contribution in [0.3, 0.4) is 0 Å². The number of methoxy groups -OCH3 is 1. The molecule has 1 aromatic carbocycles. The molecule has 4 aromatic rings. The van der Waals surface area contributed by atoms with E-state index < -0.39 is 5.97 Å². The molecule has 0 aliphatic heterocycles. The van der Waals surface area contributed by atoms with E-state index in [0.717, 1.165) is 0 Å². The van der Waals surface area contributed by atoms with E-state index in [-0.39, 0.29) is 29.9 Å². The first-order valence-electron chi connectivity index (χ1n) is 11.0. The number of benzene rings is 1. The lowest BCUT2D eigenvalue weighted by atomic mass is 10.1. The fourth-order valence-electron chi connectivity index (χ4n) is 3.17. The third-order valence-electron chi connectivity index (χ3n) is 4.83. The topological polar surface area (TPSA) is 137 Å². The average molecular weight is 476 g/mol. The molecule has 11 nitrogen and oxygen atoms in total. The summed E-state index contributed by atoms with van der Waals surface area (Å²) in [6, 6.07) is 10.8. The monoisotopic (exact) mass is 475 g/mol. The van der Waals surface area contributed by atoms with E-state index in [0.29, 0.717) is 34.6 Å². The minimum atomic E-state index is -0.562. The second kappa shape index (κ2) is 10.6. The second-order valence-electron chi connectivity index (χ2n) is 7.63. The van der Waals surface area contributed by atoms with Gasteiger partial charge in [-0.15, -0.1) is 10.2 Å². The average Bonchev–Trinajstić information content (AvgIpc) is 3.35. The highest BCUT2D eigenvalue weighted by Gasteiger charge is 2.21. The lowest BCUT2D eigenvalue weighted by molar-refractivity contribution is 0.0526. The minimum Gasteiger partial charge on any atom is -0.494 e. The zero-order valence-corrected chi connectivity index (χ0v) is 19.8. The van der Waals surface area contributed by atoms with Gasteiger partial charge in [-0.25, -0.2) is 14.8 Å². The molecule has 0 aliphatic rings. The van der Waals surface area contributed by atoms with E-state index in [1.165, 1.54) is 13.3 Å². The quantitative estimate of drug-likeness (QED) is 0.325. The number of nitrogens with one attached hydrogen (secondary N) is 2. The molecule has 0 radical (unpaired) electrons. The summed E-state index contributed by atoms with van der Waals surface area (Å²) >= 11 is 0. The molecule has 0 spiro atoms. The highest BCUT2D eigenvalue weighted by atomic mass is 16.5. The maximum absolute atomic E-state index is 12.6. The van der Waals surface area contributed by atoms with Gasteiger partial charge in [0.25, 0.3) is 5.89 Å². The zero-order chi connectivity index (χ0) is 24.8. The van der Waals surface area contributed by atoms with Crippen LogP contribution < -0.4 is 15.4 Å². The Kier molecular flexibility index (Phi) is 7.15. The van der Waals surface area contributed by atoms with Crippen molar-refractivity contribution in [3.05, 3.63) is 60.2 Å². The predicted molar refractivity (Wildman–Crippen MR) is 129 cm³/mol. The number of esters is 1. The number of carbonyl (C=O) groups excluding carboxylic acids is 1. The lowest BCUT2D eigenvalue weighted by Gasteiger charge is -2.15. The number of hydrogen-bond acceptors (Lipinski definition) is 11. The van der Waals surface area contributed by atoms with Gasteiger partial charge in [-0.2, -0.15) is 4.98 Å². The molecule has 180 valence electrons. The fourth-order valence-corrected chi connectivity index (χ4v) is 3.17. The van der Waals surface area contributed by atoms with E-state index in [4.69, 9.17) is 13.9 Å². The number of nitrogens with zero attached hydrogens (tertiary/aromatic N) is 5. The Hall–Kier alpha value is -4.54. The molecule has 11 heteroatoms. The first-order valence-corrected chi connectivity index (χ1v) is 11.0. The number of pyridine rings is 1. The summed E-state index contributed by atoms with van der Waals surface area (Å²) in [5.74, 6) is 1.83. The van der Waals surface area contributed by atoms with E-state index >= 15 is 0 Å². The molecule has 3 heterocycles. The first kappa shape index (κ1) is 23.6. The van der Waals surface area contributed by atoms with E-state index in [9.17, 15) is 4.79 Å². The van der Waals surface area contributed by atoms with Gasteiger partial charge in [0.15, 0.2) is 11.6 Å². The van der Waals surface area contributed by atoms with Crippen molar-refractivity contribution in [2.24, 2.45) is 0 Å². The van der Waals surface area contributed by atoms with Crippen molar-refractivity contribution < 1.29 is 18.7 Å². The lowest BCUT2D eigenvalue weighted by Crippen LogP contribution is -2.12. The van der Waals surface area contributed by atoms with Gasteiger partial charge in [-0.05, 0) is 31.2 Å². The van der Waals surface area contributed by atoms with E-state index in [1.54, 1.807) is 37.4 Å². The predicted octanol–water partition coefficient (Wildman–Crippen LogP) is 4.72. The number of rotatable bonds is 9. The van der Waals surface area contributed by atoms with Crippen LogP contribution in [0.5, 0.6) is 5.75 Å². The van der Waals surface area contributed by atoms with Crippen molar-refractivity contribution in [1.29, 1.82) is 0 Å². The van der Waals surface area contributed by atoms with Crippen molar-refractivity contribution >= 4 is 29.2 Å². The van der Waals surface area contributed by atoms with Crippen LogP contribution in [-0.2, 0) is 4.74 Å². The summed E-state index contributed by atoms with van der Waals surface area (Å²) in [5, 5.41) is 14.4. The molecule has 0 bridgehead atoms. The Labute approximate surface area is 202 Å². The standard InChI is InChI=1S/C24H25N7O4/c1-5-34-23(32)16-13-26-24(28-18-11-6-7-12-25-18)29-20(16)27-17-10-8-9-15(19(17)33-4)22-31-30-21(35-22)14(2)3/h6-14H,5H2,1-4H3,(H2,25,26,27,28,29). The number of para-hydroxylation sites is 1. The van der Waals surface area contributed by atoms with E-state index in [2.05, 4.69) is 35.8 Å². The largest absolute Gasteiger partial charge is 0.494 e. The first-order chi connectivity index (χ1) is 17.0. The molecule has 35 heavy (non-hydrogen) atoms. The van der Waals surface area contributed by atoms with Crippen LogP contribution in [0, 0.1) is 0 Å². The van der Waals surface area contributed by atoms with Crippen molar-refractivity contribution in [2.75, 3.05) is 24.4 Å². The van der Waals surface area contributed by atoms with Gasteiger partial charge in [0.05, 0.1) is 25.0 Å². The van der Waals surface area contributed by atoms with Crippen LogP contribution in [0.4, 0.5) is 23.3 Å². The maximum atomic E-state index is 12.6. The SMILES string of the molecule is CCOC(=O)c1cnc(Nc2ccccn2)nc1Nc1cccc(-c2nnc(C(C)C)o2)c1OC. The molecule has 4 rings (SSSR count). The Morgan fingerprint density at radius 1 is 1.09 bits per heavy atom. The fraction of sp³-hybridized carbons (Fsp3) is 0.250. The van der Waals surface area contributed by atoms with Crippen LogP contribution in [0.15, 0.2) is 53.2 Å². The summed E-state index contributed by atoms with van der Waals surface area (Å²) < 4.78 is 16.7. The summed E-state index contributed by atoms with van der Waals surface area (Å²) in [6.07, 6.45) is 3.04. The molecule has 0 amide bonds. The third-order valence-corrected chi connectivity index (χ3v) is 4.83. The molecule has 0 aliphatic carbocycles. The number of anilines is 4. The van der Waals surface area contributed by atoms with Gasteiger partial charge in [-0.3, -0.25) is 0 Å². The second-order valence-corrected chi connectivity index (χ2v) is 7.63. The van der Waals surface area contributed by atoms with Gasteiger partial charge >= 0.3 is 5.97 Å². The van der Waals surface area contributed by atoms with Crippen LogP contribution in [0.25, 0.3) is 11.5 Å². The van der Waals surface area contributed by atoms with Crippen molar-refractivity contribution in [1.82, 2.24) is 25.1 Å². The number of aromatic nitrogens is 5. The van der Waals surface area contributed by atoms with Crippen LogP contribution in [-0.4, -0.2) is 44.8 Å². The van der Waals surface area contributed by atoms with Crippen LogP contribution >= 0.6 is 0 Å². The summed E-state index contributed by atoms with van der Waals surface area (Å²) in [4.78, 5) is 25.5. The van der Waals surface area contributed by atoms with Gasteiger partial charge in [0, 0.05) is 18.3 Å². The van der Waals surface area contributed by atoms with Gasteiger partial charge in [-0.1, -0.05) is 26.0 Å². The Morgan fingerprint density at radius 2 is 1.94 bits per heavy atom. The molecular weight excluding hydrogens is 450 g/mol. The third kappa shape index (κ3) is 5.35. The van der Waals surface area contributed by atoms with Crippen LogP contribution in [0.2, 0.25) is 0 Å². The van der Waals surface area contributed by atoms with Gasteiger partial charge in [0.1, 0.15) is 11.4 Å². The smallest absolute Gasteiger partial charge is 0.343 e. The van der Waals surface area contributed by atoms with Crippen molar-refractivity contribution in [3.63, 3.8) is 0 Å². The number of ether oxygens (including phenoxy) is 2. The minimum absolute atomic E-state index is 0.0849. The highest BCUT2D eigenvalue weighted by molar-refractivity contribution is 5.96. The number of carbonyl (C=O) groups is 1. The molecule has 3 aromatic heterocycles. The van der Waals surface area contributed by atoms with Gasteiger partial charge < -0.3 is 24.5 Å². The molecule has 0 atom stereocenters. The van der Waals surface area contributed by atoms with E-state index in [1.807, 2.05) is 26.0 Å². The maximum Gasteiger partial charge on any atom is 0.343 e. The summed E-state index contributed by atoms with van der Waals surface area (Å²) in [5.41, 5.74) is 1.28. The molecule has 0 unspecified atom stereocenters. The summed E-state index contributed by atoms with van der Waals surface area (Å²) in [7, 11) is 1.53. The molecule has 0 saturated carbocycles. The Balaban J connectivity index is 1.73. The van der Waals surface area contributed by atoms with Crippen LogP contribution in [0.1, 0.15) is 42.9 Å².